The number of hydrogen-bond acceptors (Lipinski definition) is 3. The molecule has 1 aliphatic carbocycles. The fourth-order valence-corrected chi connectivity index (χ4v) is 4.72. The number of nitrogens with zero attached hydrogens (tertiary/aromatic N) is 1. The zero-order chi connectivity index (χ0) is 13.4. The highest BCUT2D eigenvalue weighted by molar-refractivity contribution is 7.10. The second-order valence-corrected chi connectivity index (χ2v) is 7.53. The van der Waals surface area contributed by atoms with Crippen LogP contribution in [0.25, 0.3) is 0 Å². The minimum Gasteiger partial charge on any atom is -0.311 e. The summed E-state index contributed by atoms with van der Waals surface area (Å²) < 4.78 is 0. The molecule has 19 heavy (non-hydrogen) atoms. The number of thiophene rings is 1. The quantitative estimate of drug-likeness (QED) is 0.891. The highest BCUT2D eigenvalue weighted by Gasteiger charge is 2.35. The molecule has 0 aromatic carbocycles. The van der Waals surface area contributed by atoms with Crippen molar-refractivity contribution in [3.63, 3.8) is 0 Å². The summed E-state index contributed by atoms with van der Waals surface area (Å²) in [4.78, 5) is 4.45. The van der Waals surface area contributed by atoms with Crippen LogP contribution in [-0.2, 0) is 6.42 Å². The third-order valence-electron chi connectivity index (χ3n) is 4.78. The third kappa shape index (κ3) is 2.61. The van der Waals surface area contributed by atoms with E-state index in [9.17, 15) is 0 Å². The summed E-state index contributed by atoms with van der Waals surface area (Å²) in [5, 5.41) is 5.95. The predicted octanol–water partition coefficient (Wildman–Crippen LogP) is 3.44. The van der Waals surface area contributed by atoms with E-state index in [-0.39, 0.29) is 0 Å². The van der Waals surface area contributed by atoms with Gasteiger partial charge in [-0.2, -0.15) is 0 Å². The lowest BCUT2D eigenvalue weighted by Crippen LogP contribution is -2.58. The van der Waals surface area contributed by atoms with Crippen LogP contribution < -0.4 is 5.32 Å². The van der Waals surface area contributed by atoms with Crippen molar-refractivity contribution in [3.05, 3.63) is 21.9 Å². The van der Waals surface area contributed by atoms with Crippen LogP contribution in [0.1, 0.15) is 50.1 Å². The fourth-order valence-electron chi connectivity index (χ4n) is 3.74. The summed E-state index contributed by atoms with van der Waals surface area (Å²) in [5.74, 6) is 0.726. The molecule has 2 heterocycles. The molecule has 3 heteroatoms. The highest BCUT2D eigenvalue weighted by Crippen LogP contribution is 2.39. The Bertz CT molecular complexity index is 426. The minimum absolute atomic E-state index is 0.624. The Morgan fingerprint density at radius 2 is 2.26 bits per heavy atom. The monoisotopic (exact) mass is 278 g/mol. The molecule has 0 radical (unpaired) electrons. The second kappa shape index (κ2) is 5.55. The SMILES string of the molecule is CC1CN(C2CCCc3sccc32)C(C(C)C)CN1. The molecule has 2 aliphatic rings. The summed E-state index contributed by atoms with van der Waals surface area (Å²) in [6.07, 6.45) is 4.01. The maximum absolute atomic E-state index is 3.66. The fraction of sp³-hybridized carbons (Fsp3) is 0.750. The van der Waals surface area contributed by atoms with E-state index in [0.717, 1.165) is 12.5 Å². The van der Waals surface area contributed by atoms with Gasteiger partial charge in [0.05, 0.1) is 0 Å². The van der Waals surface area contributed by atoms with Gasteiger partial charge in [-0.15, -0.1) is 11.3 Å². The van der Waals surface area contributed by atoms with Crippen molar-refractivity contribution in [2.45, 2.75) is 58.2 Å². The first-order valence-corrected chi connectivity index (χ1v) is 8.60. The first-order chi connectivity index (χ1) is 9.16. The van der Waals surface area contributed by atoms with Gasteiger partial charge in [0, 0.05) is 36.1 Å². The lowest BCUT2D eigenvalue weighted by molar-refractivity contribution is 0.0510. The van der Waals surface area contributed by atoms with Crippen molar-refractivity contribution >= 4 is 11.3 Å². The maximum Gasteiger partial charge on any atom is 0.0363 e. The van der Waals surface area contributed by atoms with Gasteiger partial charge in [0.2, 0.25) is 0 Å². The average molecular weight is 278 g/mol. The van der Waals surface area contributed by atoms with E-state index >= 15 is 0 Å². The van der Waals surface area contributed by atoms with Gasteiger partial charge in [-0.05, 0) is 49.1 Å². The van der Waals surface area contributed by atoms with Crippen LogP contribution in [0.2, 0.25) is 0 Å². The summed E-state index contributed by atoms with van der Waals surface area (Å²) in [5.41, 5.74) is 1.64. The van der Waals surface area contributed by atoms with E-state index in [1.807, 2.05) is 11.3 Å². The predicted molar refractivity (Wildman–Crippen MR) is 82.8 cm³/mol. The van der Waals surface area contributed by atoms with Gasteiger partial charge in [-0.3, -0.25) is 4.90 Å². The van der Waals surface area contributed by atoms with Crippen molar-refractivity contribution in [1.29, 1.82) is 0 Å². The topological polar surface area (TPSA) is 15.3 Å². The first-order valence-electron chi connectivity index (χ1n) is 7.72. The summed E-state index contributed by atoms with van der Waals surface area (Å²) in [7, 11) is 0. The van der Waals surface area contributed by atoms with Crippen molar-refractivity contribution in [3.8, 4) is 0 Å². The van der Waals surface area contributed by atoms with E-state index in [1.54, 1.807) is 10.4 Å². The smallest absolute Gasteiger partial charge is 0.0363 e. The standard InChI is InChI=1S/C16H26N2S/c1-11(2)15-9-17-12(3)10-18(15)14-5-4-6-16-13(14)7-8-19-16/h7-8,11-12,14-15,17H,4-6,9-10H2,1-3H3. The molecule has 0 amide bonds. The van der Waals surface area contributed by atoms with E-state index < -0.39 is 0 Å². The third-order valence-corrected chi connectivity index (χ3v) is 5.77. The van der Waals surface area contributed by atoms with Crippen molar-refractivity contribution < 1.29 is 0 Å². The molecule has 0 bridgehead atoms. The van der Waals surface area contributed by atoms with E-state index in [1.165, 1.54) is 25.8 Å². The molecular weight excluding hydrogens is 252 g/mol. The van der Waals surface area contributed by atoms with E-state index in [2.05, 4.69) is 42.4 Å². The number of aryl methyl sites for hydroxylation is 1. The summed E-state index contributed by atoms with van der Waals surface area (Å²) >= 11 is 1.96. The van der Waals surface area contributed by atoms with E-state index in [4.69, 9.17) is 0 Å². The molecule has 1 N–H and O–H groups in total. The normalized spacial score (nSPS) is 32.5. The van der Waals surface area contributed by atoms with Gasteiger partial charge in [0.1, 0.15) is 0 Å². The van der Waals surface area contributed by atoms with Crippen molar-refractivity contribution in [2.24, 2.45) is 5.92 Å². The zero-order valence-corrected chi connectivity index (χ0v) is 13.2. The zero-order valence-electron chi connectivity index (χ0n) is 12.4. The van der Waals surface area contributed by atoms with Crippen LogP contribution in [0.3, 0.4) is 0 Å². The Morgan fingerprint density at radius 3 is 3.05 bits per heavy atom. The number of nitrogens with one attached hydrogen (secondary N) is 1. The minimum atomic E-state index is 0.624. The van der Waals surface area contributed by atoms with Gasteiger partial charge in [-0.25, -0.2) is 0 Å². The van der Waals surface area contributed by atoms with Crippen LogP contribution in [0.4, 0.5) is 0 Å². The lowest BCUT2D eigenvalue weighted by Gasteiger charge is -2.47. The van der Waals surface area contributed by atoms with E-state index in [0.29, 0.717) is 18.1 Å². The average Bonchev–Trinajstić information content (AvgIpc) is 2.86. The molecule has 2 nitrogen and oxygen atoms in total. The van der Waals surface area contributed by atoms with Crippen LogP contribution in [0.15, 0.2) is 11.4 Å². The first kappa shape index (κ1) is 13.6. The molecular formula is C16H26N2S. The molecule has 3 atom stereocenters. The molecule has 106 valence electrons. The Hall–Kier alpha value is -0.380. The summed E-state index contributed by atoms with van der Waals surface area (Å²) in [6.45, 7) is 9.40. The molecule has 1 fully saturated rings. The molecule has 3 unspecified atom stereocenters. The molecule has 1 aliphatic heterocycles. The molecule has 0 spiro atoms. The van der Waals surface area contributed by atoms with Gasteiger partial charge < -0.3 is 5.32 Å². The Morgan fingerprint density at radius 1 is 1.42 bits per heavy atom. The second-order valence-electron chi connectivity index (χ2n) is 6.52. The van der Waals surface area contributed by atoms with Crippen LogP contribution in [-0.4, -0.2) is 30.1 Å². The highest BCUT2D eigenvalue weighted by atomic mass is 32.1. The number of piperazine rings is 1. The van der Waals surface area contributed by atoms with Gasteiger partial charge in [0.15, 0.2) is 0 Å². The molecule has 3 rings (SSSR count). The Kier molecular flexibility index (Phi) is 3.97. The number of fused-ring (bicyclic) bond motifs is 1. The molecule has 0 saturated carbocycles. The molecule has 1 aromatic rings. The van der Waals surface area contributed by atoms with Crippen LogP contribution in [0.5, 0.6) is 0 Å². The maximum atomic E-state index is 3.66. The Labute approximate surface area is 121 Å². The van der Waals surface area contributed by atoms with Gasteiger partial charge >= 0.3 is 0 Å². The number of hydrogen-bond donors (Lipinski definition) is 1. The lowest BCUT2D eigenvalue weighted by atomic mass is 9.88. The Balaban J connectivity index is 1.87. The molecule has 1 aromatic heterocycles. The van der Waals surface area contributed by atoms with Gasteiger partial charge in [0.25, 0.3) is 0 Å². The van der Waals surface area contributed by atoms with Gasteiger partial charge in [-0.1, -0.05) is 13.8 Å². The van der Waals surface area contributed by atoms with Crippen molar-refractivity contribution in [1.82, 2.24) is 10.2 Å². The summed E-state index contributed by atoms with van der Waals surface area (Å²) in [6, 6.07) is 4.37. The van der Waals surface area contributed by atoms with Crippen LogP contribution in [0, 0.1) is 5.92 Å². The van der Waals surface area contributed by atoms with Crippen molar-refractivity contribution in [2.75, 3.05) is 13.1 Å². The largest absolute Gasteiger partial charge is 0.311 e. The molecule has 1 saturated heterocycles. The van der Waals surface area contributed by atoms with Crippen LogP contribution >= 0.6 is 11.3 Å². The number of rotatable bonds is 2.